The van der Waals surface area contributed by atoms with Crippen molar-refractivity contribution in [1.82, 2.24) is 15.1 Å². The number of hydrogen-bond acceptors (Lipinski definition) is 8. The van der Waals surface area contributed by atoms with Crippen LogP contribution in [0.3, 0.4) is 0 Å². The number of carbonyl (C=O) groups excluding carboxylic acids is 2. The van der Waals surface area contributed by atoms with E-state index in [1.807, 2.05) is 35.2 Å². The predicted molar refractivity (Wildman–Crippen MR) is 195 cm³/mol. The first-order valence-corrected chi connectivity index (χ1v) is 16.6. The number of likely N-dealkylation sites (tertiary alicyclic amines) is 1. The molecule has 50 heavy (non-hydrogen) atoms. The third kappa shape index (κ3) is 6.73. The molecule has 3 aliphatic rings. The van der Waals surface area contributed by atoms with E-state index < -0.39 is 5.41 Å². The standard InChI is InChI=1S/C38H41N9O3/c1-43-24-44-36(42)27-5-3-25(4-6-27)26-11-15-46(16-12-26)34(48)22-45-17-13-38(23-45)14-18-47(37(38)49)30-9-10-32(40)31(20-30)35(41)28-7-8-29(21-39)33(19-28)50-2/h3-11,19-20,24,41H,12-18,22-23,40H2,1-2H3,(H2,42,43,44)/t38-/m0/s1. The summed E-state index contributed by atoms with van der Waals surface area (Å²) in [6.45, 7) is 3.20. The molecule has 1 spiro atoms. The zero-order valence-electron chi connectivity index (χ0n) is 28.3. The molecule has 2 amide bonds. The lowest BCUT2D eigenvalue weighted by Gasteiger charge is -2.29. The van der Waals surface area contributed by atoms with Crippen molar-refractivity contribution < 1.29 is 14.3 Å². The van der Waals surface area contributed by atoms with Crippen molar-refractivity contribution in [3.05, 3.63) is 94.6 Å². The molecule has 256 valence electrons. The highest BCUT2D eigenvalue weighted by molar-refractivity contribution is 6.15. The Morgan fingerprint density at radius 1 is 1.08 bits per heavy atom. The van der Waals surface area contributed by atoms with E-state index in [-0.39, 0.29) is 29.9 Å². The van der Waals surface area contributed by atoms with Crippen molar-refractivity contribution in [1.29, 1.82) is 16.1 Å². The number of rotatable bonds is 9. The minimum Gasteiger partial charge on any atom is -0.495 e. The molecule has 0 unspecified atom stereocenters. The summed E-state index contributed by atoms with van der Waals surface area (Å²) in [5.41, 5.74) is 11.4. The summed E-state index contributed by atoms with van der Waals surface area (Å²) in [6, 6.07) is 20.1. The van der Waals surface area contributed by atoms with Gasteiger partial charge in [0.15, 0.2) is 5.84 Å². The van der Waals surface area contributed by atoms with Crippen molar-refractivity contribution in [3.8, 4) is 11.8 Å². The summed E-state index contributed by atoms with van der Waals surface area (Å²) in [5.74, 6) is 0.667. The van der Waals surface area contributed by atoms with Crippen LogP contribution in [0, 0.1) is 27.6 Å². The van der Waals surface area contributed by atoms with Crippen LogP contribution in [0.1, 0.15) is 47.1 Å². The maximum absolute atomic E-state index is 14.0. The summed E-state index contributed by atoms with van der Waals surface area (Å²) in [7, 11) is 3.22. The van der Waals surface area contributed by atoms with E-state index in [1.165, 1.54) is 19.0 Å². The monoisotopic (exact) mass is 671 g/mol. The molecule has 0 aliphatic carbocycles. The molecule has 3 heterocycles. The minimum atomic E-state index is -0.550. The maximum Gasteiger partial charge on any atom is 0.237 e. The average molecular weight is 672 g/mol. The van der Waals surface area contributed by atoms with Crippen LogP contribution in [0.2, 0.25) is 0 Å². The van der Waals surface area contributed by atoms with E-state index in [0.29, 0.717) is 79.4 Å². The van der Waals surface area contributed by atoms with Gasteiger partial charge in [0.25, 0.3) is 0 Å². The second-order valence-electron chi connectivity index (χ2n) is 12.9. The van der Waals surface area contributed by atoms with E-state index in [1.54, 1.807) is 42.3 Å². The van der Waals surface area contributed by atoms with Crippen LogP contribution in [-0.4, -0.2) is 92.9 Å². The number of anilines is 2. The molecule has 6 rings (SSSR count). The predicted octanol–water partition coefficient (Wildman–Crippen LogP) is 3.88. The van der Waals surface area contributed by atoms with Gasteiger partial charge in [-0.15, -0.1) is 0 Å². The molecule has 2 fully saturated rings. The first kappa shape index (κ1) is 34.1. The van der Waals surface area contributed by atoms with Crippen molar-refractivity contribution in [2.45, 2.75) is 19.3 Å². The first-order valence-electron chi connectivity index (χ1n) is 16.6. The van der Waals surface area contributed by atoms with E-state index in [4.69, 9.17) is 21.3 Å². The van der Waals surface area contributed by atoms with Gasteiger partial charge in [-0.1, -0.05) is 36.4 Å². The molecule has 3 aliphatic heterocycles. The number of nitrogens with zero attached hydrogens (tertiary/aromatic N) is 5. The SMILES string of the molecule is CN/C=N\C(=N)c1ccc(C2=CCN(C(=O)CN3CC[C@]4(CCN(c5ccc(N)c(C(=N)c6ccc(C#N)c(OC)c6)c5)C4=O)C3)CC2)cc1. The molecule has 0 radical (unpaired) electrons. The fourth-order valence-electron chi connectivity index (χ4n) is 7.06. The van der Waals surface area contributed by atoms with E-state index in [0.717, 1.165) is 17.5 Å². The Kier molecular flexibility index (Phi) is 9.79. The number of amides is 2. The molecule has 3 aromatic carbocycles. The van der Waals surface area contributed by atoms with E-state index in [9.17, 15) is 14.9 Å². The van der Waals surface area contributed by atoms with Crippen molar-refractivity contribution in [2.24, 2.45) is 10.4 Å². The number of carbonyl (C=O) groups is 2. The zero-order valence-corrected chi connectivity index (χ0v) is 28.3. The maximum atomic E-state index is 14.0. The van der Waals surface area contributed by atoms with Crippen LogP contribution >= 0.6 is 0 Å². The highest BCUT2D eigenvalue weighted by atomic mass is 16.5. The molecule has 0 bridgehead atoms. The highest BCUT2D eigenvalue weighted by Gasteiger charge is 2.51. The Bertz CT molecular complexity index is 1950. The van der Waals surface area contributed by atoms with E-state index >= 15 is 0 Å². The Morgan fingerprint density at radius 3 is 2.54 bits per heavy atom. The number of nitrogen functional groups attached to an aromatic ring is 1. The number of ether oxygens (including phenoxy) is 1. The van der Waals surface area contributed by atoms with Crippen LogP contribution in [-0.2, 0) is 9.59 Å². The van der Waals surface area contributed by atoms with Gasteiger partial charge >= 0.3 is 0 Å². The molecular formula is C38H41N9O3. The summed E-state index contributed by atoms with van der Waals surface area (Å²) in [6.07, 6.45) is 5.71. The second kappa shape index (κ2) is 14.4. The summed E-state index contributed by atoms with van der Waals surface area (Å²) in [5, 5.41) is 29.1. The Hall–Kier alpha value is -5.80. The smallest absolute Gasteiger partial charge is 0.237 e. The van der Waals surface area contributed by atoms with Crippen molar-refractivity contribution in [3.63, 3.8) is 0 Å². The topological polar surface area (TPSA) is 175 Å². The van der Waals surface area contributed by atoms with Crippen LogP contribution in [0.25, 0.3) is 5.57 Å². The largest absolute Gasteiger partial charge is 0.495 e. The zero-order chi connectivity index (χ0) is 35.4. The number of aliphatic imine (C=N–C) groups is 1. The van der Waals surface area contributed by atoms with Crippen molar-refractivity contribution in [2.75, 3.05) is 64.1 Å². The highest BCUT2D eigenvalue weighted by Crippen LogP contribution is 2.43. The number of nitriles is 1. The molecule has 12 nitrogen and oxygen atoms in total. The van der Waals surface area contributed by atoms with Gasteiger partial charge in [0.2, 0.25) is 11.8 Å². The van der Waals surface area contributed by atoms with Crippen LogP contribution in [0.4, 0.5) is 11.4 Å². The third-order valence-electron chi connectivity index (χ3n) is 9.95. The Labute approximate surface area is 291 Å². The van der Waals surface area contributed by atoms with Gasteiger partial charge in [0.05, 0.1) is 36.7 Å². The normalized spacial score (nSPS) is 19.1. The molecule has 12 heteroatoms. The first-order chi connectivity index (χ1) is 24.2. The van der Waals surface area contributed by atoms with Gasteiger partial charge in [-0.25, -0.2) is 4.99 Å². The quantitative estimate of drug-likeness (QED) is 0.152. The fraction of sp³-hybridized carbons (Fsp3) is 0.316. The molecule has 3 aromatic rings. The number of nitrogens with two attached hydrogens (primary N) is 1. The summed E-state index contributed by atoms with van der Waals surface area (Å²) >= 11 is 0. The van der Waals surface area contributed by atoms with Crippen LogP contribution < -0.4 is 20.7 Å². The Balaban J connectivity index is 1.06. The van der Waals surface area contributed by atoms with Gasteiger partial charge in [0.1, 0.15) is 11.8 Å². The average Bonchev–Trinajstić information content (AvgIpc) is 3.71. The summed E-state index contributed by atoms with van der Waals surface area (Å²) in [4.78, 5) is 37.1. The van der Waals surface area contributed by atoms with Crippen LogP contribution in [0.5, 0.6) is 5.75 Å². The second-order valence-corrected chi connectivity index (χ2v) is 12.9. The fourth-order valence-corrected chi connectivity index (χ4v) is 7.06. The summed E-state index contributed by atoms with van der Waals surface area (Å²) < 4.78 is 5.33. The van der Waals surface area contributed by atoms with Gasteiger partial charge in [-0.2, -0.15) is 5.26 Å². The van der Waals surface area contributed by atoms with E-state index in [2.05, 4.69) is 27.4 Å². The van der Waals surface area contributed by atoms with Gasteiger partial charge in [-0.3, -0.25) is 25.3 Å². The number of nitrogens with one attached hydrogen (secondary N) is 3. The lowest BCUT2D eigenvalue weighted by molar-refractivity contribution is -0.132. The Morgan fingerprint density at radius 2 is 1.84 bits per heavy atom. The minimum absolute atomic E-state index is 0.0373. The lowest BCUT2D eigenvalue weighted by atomic mass is 9.85. The van der Waals surface area contributed by atoms with Crippen molar-refractivity contribution >= 4 is 46.6 Å². The molecule has 0 saturated carbocycles. The van der Waals surface area contributed by atoms with Gasteiger partial charge in [-0.05, 0) is 67.3 Å². The molecule has 0 aromatic heterocycles. The number of hydrogen-bond donors (Lipinski definition) is 4. The molecule has 5 N–H and O–H groups in total. The van der Waals surface area contributed by atoms with Crippen LogP contribution in [0.15, 0.2) is 71.7 Å². The number of amidine groups is 1. The molecule has 2 saturated heterocycles. The third-order valence-corrected chi connectivity index (χ3v) is 9.95. The van der Waals surface area contributed by atoms with Gasteiger partial charge in [0, 0.05) is 61.3 Å². The molecule has 1 atom stereocenters. The number of benzene rings is 3. The van der Waals surface area contributed by atoms with Gasteiger partial charge < -0.3 is 25.6 Å². The number of methoxy groups -OCH3 is 1. The lowest BCUT2D eigenvalue weighted by Crippen LogP contribution is -2.43. The molecular weight excluding hydrogens is 630 g/mol.